The monoisotopic (exact) mass is 398 g/mol. The number of rotatable bonds is 5. The van der Waals surface area contributed by atoms with Gasteiger partial charge in [-0.05, 0) is 47.1 Å². The molecule has 4 fully saturated rings. The SMILES string of the molecule is O=C1N(Cc2ccccc2-c2ccc(Cn3cccn3)cc2)C(=O)C23CC(CN12)C3. The van der Waals surface area contributed by atoms with Crippen molar-refractivity contribution in [3.8, 4) is 11.1 Å². The summed E-state index contributed by atoms with van der Waals surface area (Å²) < 4.78 is 1.89. The maximum absolute atomic E-state index is 13.1. The molecule has 6 heteroatoms. The molecule has 3 amide bonds. The van der Waals surface area contributed by atoms with Gasteiger partial charge in [-0.25, -0.2) is 4.79 Å². The molecule has 1 saturated carbocycles. The van der Waals surface area contributed by atoms with E-state index in [1.165, 1.54) is 10.5 Å². The lowest BCUT2D eigenvalue weighted by molar-refractivity contribution is -0.135. The summed E-state index contributed by atoms with van der Waals surface area (Å²) in [6.45, 7) is 1.79. The third-order valence-electron chi connectivity index (χ3n) is 6.83. The van der Waals surface area contributed by atoms with E-state index in [4.69, 9.17) is 0 Å². The van der Waals surface area contributed by atoms with Crippen LogP contribution in [0.2, 0.25) is 0 Å². The van der Waals surface area contributed by atoms with Crippen LogP contribution in [-0.2, 0) is 17.9 Å². The summed E-state index contributed by atoms with van der Waals surface area (Å²) in [5, 5.41) is 4.25. The van der Waals surface area contributed by atoms with Crippen molar-refractivity contribution in [3.63, 3.8) is 0 Å². The summed E-state index contributed by atoms with van der Waals surface area (Å²) in [5.74, 6) is 0.512. The topological polar surface area (TPSA) is 58.4 Å². The first-order valence-corrected chi connectivity index (χ1v) is 10.4. The van der Waals surface area contributed by atoms with Crippen LogP contribution in [0.1, 0.15) is 24.0 Å². The number of carbonyl (C=O) groups is 2. The van der Waals surface area contributed by atoms with Gasteiger partial charge in [-0.3, -0.25) is 14.4 Å². The Morgan fingerprint density at radius 1 is 0.967 bits per heavy atom. The van der Waals surface area contributed by atoms with Crippen LogP contribution in [0.25, 0.3) is 11.1 Å². The Balaban J connectivity index is 1.26. The lowest BCUT2D eigenvalue weighted by Crippen LogP contribution is -2.48. The van der Waals surface area contributed by atoms with Gasteiger partial charge in [0.1, 0.15) is 5.54 Å². The molecule has 2 bridgehead atoms. The van der Waals surface area contributed by atoms with Gasteiger partial charge >= 0.3 is 6.03 Å². The molecule has 6 nitrogen and oxygen atoms in total. The fraction of sp³-hybridized carbons (Fsp3) is 0.292. The second-order valence-electron chi connectivity index (χ2n) is 8.65. The van der Waals surface area contributed by atoms with Gasteiger partial charge < -0.3 is 4.90 Å². The maximum Gasteiger partial charge on any atom is 0.327 e. The van der Waals surface area contributed by atoms with Gasteiger partial charge in [0.25, 0.3) is 5.91 Å². The summed E-state index contributed by atoms with van der Waals surface area (Å²) in [6.07, 6.45) is 5.41. The molecule has 0 atom stereocenters. The average molecular weight is 398 g/mol. The molecule has 3 saturated heterocycles. The lowest BCUT2D eigenvalue weighted by atomic mass is 9.73. The molecular weight excluding hydrogens is 376 g/mol. The molecule has 1 aliphatic carbocycles. The Bertz CT molecular complexity index is 1130. The fourth-order valence-electron chi connectivity index (χ4n) is 5.33. The van der Waals surface area contributed by atoms with Crippen molar-refractivity contribution in [2.24, 2.45) is 5.92 Å². The number of imide groups is 1. The van der Waals surface area contributed by atoms with Crippen LogP contribution < -0.4 is 0 Å². The van der Waals surface area contributed by atoms with Gasteiger partial charge in [-0.15, -0.1) is 0 Å². The highest BCUT2D eigenvalue weighted by atomic mass is 16.2. The largest absolute Gasteiger partial charge is 0.327 e. The average Bonchev–Trinajstić information content (AvgIpc) is 3.49. The molecule has 7 rings (SSSR count). The molecule has 30 heavy (non-hydrogen) atoms. The van der Waals surface area contributed by atoms with Crippen LogP contribution in [0, 0.1) is 5.92 Å². The van der Waals surface area contributed by atoms with E-state index in [2.05, 4.69) is 35.4 Å². The number of benzene rings is 2. The van der Waals surface area contributed by atoms with Crippen LogP contribution in [0.4, 0.5) is 4.79 Å². The Morgan fingerprint density at radius 3 is 2.50 bits per heavy atom. The number of amides is 3. The van der Waals surface area contributed by atoms with Gasteiger partial charge in [0.15, 0.2) is 0 Å². The molecule has 4 heterocycles. The molecule has 3 aromatic rings. The Labute approximate surface area is 174 Å². The zero-order valence-corrected chi connectivity index (χ0v) is 16.6. The molecule has 150 valence electrons. The van der Waals surface area contributed by atoms with E-state index in [-0.39, 0.29) is 11.9 Å². The third-order valence-corrected chi connectivity index (χ3v) is 6.83. The highest BCUT2D eigenvalue weighted by molar-refractivity contribution is 6.08. The van der Waals surface area contributed by atoms with Crippen molar-refractivity contribution < 1.29 is 9.59 Å². The van der Waals surface area contributed by atoms with Crippen molar-refractivity contribution in [1.82, 2.24) is 19.6 Å². The zero-order chi connectivity index (χ0) is 20.3. The number of aromatic nitrogens is 2. The summed E-state index contributed by atoms with van der Waals surface area (Å²) in [7, 11) is 0. The Hall–Kier alpha value is -3.41. The van der Waals surface area contributed by atoms with Gasteiger partial charge in [-0.2, -0.15) is 5.10 Å². The third kappa shape index (κ3) is 2.46. The summed E-state index contributed by atoms with van der Waals surface area (Å²) >= 11 is 0. The summed E-state index contributed by atoms with van der Waals surface area (Å²) in [4.78, 5) is 29.2. The molecule has 0 N–H and O–H groups in total. The van der Waals surface area contributed by atoms with Crippen LogP contribution >= 0.6 is 0 Å². The quantitative estimate of drug-likeness (QED) is 0.618. The van der Waals surface area contributed by atoms with Crippen molar-refractivity contribution in [2.75, 3.05) is 6.54 Å². The van der Waals surface area contributed by atoms with E-state index in [0.717, 1.165) is 42.6 Å². The second-order valence-corrected chi connectivity index (χ2v) is 8.65. The standard InChI is InChI=1S/C24H22N4O2/c29-22-24-12-18(13-24)15-28(24)23(30)27(22)16-20-4-1-2-5-21(20)19-8-6-17(7-9-19)14-26-11-3-10-25-26/h1-11,18H,12-16H2. The summed E-state index contributed by atoms with van der Waals surface area (Å²) in [6, 6.07) is 18.2. The molecule has 2 aromatic carbocycles. The molecule has 1 aromatic heterocycles. The van der Waals surface area contributed by atoms with Crippen molar-refractivity contribution in [2.45, 2.75) is 31.5 Å². The zero-order valence-electron chi connectivity index (χ0n) is 16.6. The smallest absolute Gasteiger partial charge is 0.309 e. The first kappa shape index (κ1) is 17.4. The van der Waals surface area contributed by atoms with Gasteiger partial charge in [0.2, 0.25) is 0 Å². The van der Waals surface area contributed by atoms with E-state index in [9.17, 15) is 9.59 Å². The Morgan fingerprint density at radius 2 is 1.77 bits per heavy atom. The number of hydrogen-bond acceptors (Lipinski definition) is 3. The molecular formula is C24H22N4O2. The van der Waals surface area contributed by atoms with Crippen molar-refractivity contribution >= 4 is 11.9 Å². The van der Waals surface area contributed by atoms with E-state index >= 15 is 0 Å². The fourth-order valence-corrected chi connectivity index (χ4v) is 5.33. The molecule has 0 radical (unpaired) electrons. The number of carbonyl (C=O) groups excluding carboxylic acids is 2. The number of urea groups is 1. The van der Waals surface area contributed by atoms with Crippen LogP contribution in [-0.4, -0.2) is 43.6 Å². The Kier molecular flexibility index (Phi) is 3.66. The van der Waals surface area contributed by atoms with Crippen molar-refractivity contribution in [1.29, 1.82) is 0 Å². The molecule has 0 unspecified atom stereocenters. The number of nitrogens with zero attached hydrogens (tertiary/aromatic N) is 4. The minimum absolute atomic E-state index is 0.00868. The molecule has 3 aliphatic heterocycles. The highest BCUT2D eigenvalue weighted by Crippen LogP contribution is 2.55. The van der Waals surface area contributed by atoms with E-state index in [1.807, 2.05) is 40.0 Å². The van der Waals surface area contributed by atoms with Gasteiger partial charge in [0, 0.05) is 18.9 Å². The van der Waals surface area contributed by atoms with Crippen molar-refractivity contribution in [3.05, 3.63) is 78.1 Å². The van der Waals surface area contributed by atoms with Gasteiger partial charge in [0.05, 0.1) is 13.1 Å². The minimum atomic E-state index is -0.523. The van der Waals surface area contributed by atoms with E-state index in [0.29, 0.717) is 12.5 Å². The van der Waals surface area contributed by atoms with Crippen LogP contribution in [0.3, 0.4) is 0 Å². The normalized spacial score (nSPS) is 24.3. The van der Waals surface area contributed by atoms with E-state index < -0.39 is 5.54 Å². The molecule has 1 spiro atoms. The van der Waals surface area contributed by atoms with Gasteiger partial charge in [-0.1, -0.05) is 48.5 Å². The van der Waals surface area contributed by atoms with E-state index in [1.54, 1.807) is 6.20 Å². The highest BCUT2D eigenvalue weighted by Gasteiger charge is 2.68. The maximum atomic E-state index is 13.1. The van der Waals surface area contributed by atoms with Crippen LogP contribution in [0.5, 0.6) is 0 Å². The predicted molar refractivity (Wildman–Crippen MR) is 111 cm³/mol. The molecule has 4 aliphatic rings. The first-order chi connectivity index (χ1) is 14.6. The lowest BCUT2D eigenvalue weighted by Gasteiger charge is -2.34. The second kappa shape index (κ2) is 6.29. The van der Waals surface area contributed by atoms with Crippen LogP contribution in [0.15, 0.2) is 67.0 Å². The summed E-state index contributed by atoms with van der Waals surface area (Å²) in [5.41, 5.74) is 3.78. The number of hydrogen-bond donors (Lipinski definition) is 0. The first-order valence-electron chi connectivity index (χ1n) is 10.4. The predicted octanol–water partition coefficient (Wildman–Crippen LogP) is 3.53. The minimum Gasteiger partial charge on any atom is -0.309 e.